The Bertz CT molecular complexity index is 993. The summed E-state index contributed by atoms with van der Waals surface area (Å²) in [6.07, 6.45) is 1.73. The van der Waals surface area contributed by atoms with Crippen LogP contribution in [0.15, 0.2) is 42.5 Å². The first-order valence-corrected chi connectivity index (χ1v) is 11.5. The van der Waals surface area contributed by atoms with Gasteiger partial charge in [0, 0.05) is 25.6 Å². The highest BCUT2D eigenvalue weighted by Gasteiger charge is 2.21. The first-order chi connectivity index (χ1) is 14.4. The van der Waals surface area contributed by atoms with Gasteiger partial charge in [-0.25, -0.2) is 8.42 Å². The van der Waals surface area contributed by atoms with Crippen molar-refractivity contribution in [3.63, 3.8) is 0 Å². The van der Waals surface area contributed by atoms with Gasteiger partial charge in [0.05, 0.1) is 19.1 Å². The molecule has 2 aromatic rings. The summed E-state index contributed by atoms with van der Waals surface area (Å²) in [6.45, 7) is 1.45. The van der Waals surface area contributed by atoms with Crippen LogP contribution in [-0.4, -0.2) is 47.4 Å². The van der Waals surface area contributed by atoms with Gasteiger partial charge in [-0.15, -0.1) is 0 Å². The summed E-state index contributed by atoms with van der Waals surface area (Å²) >= 11 is 0. The van der Waals surface area contributed by atoms with Crippen LogP contribution in [0.2, 0.25) is 0 Å². The molecule has 0 fully saturated rings. The Morgan fingerprint density at radius 2 is 1.90 bits per heavy atom. The fraction of sp³-hybridized carbons (Fsp3) is 0.381. The number of methoxy groups -OCH3 is 1. The maximum absolute atomic E-state index is 12.3. The number of carbonyl (C=O) groups excluding carboxylic acids is 1. The van der Waals surface area contributed by atoms with Gasteiger partial charge in [-0.3, -0.25) is 9.10 Å². The first kappa shape index (κ1) is 21.8. The standard InChI is InChI=1S/C21H26N2O6S/c1-27-18-6-3-5-16(13-18)15-22-21(24)7-4-10-23(30(2,25)26)17-8-9-19-20(14-17)29-12-11-28-19/h3,5-6,8-9,13-14H,4,7,10-12,15H2,1-2H3,(H,22,24). The van der Waals surface area contributed by atoms with Crippen LogP contribution in [0.1, 0.15) is 18.4 Å². The van der Waals surface area contributed by atoms with E-state index in [0.29, 0.717) is 43.4 Å². The number of benzene rings is 2. The number of fused-ring (bicyclic) bond motifs is 1. The zero-order chi connectivity index (χ0) is 21.6. The van der Waals surface area contributed by atoms with E-state index in [9.17, 15) is 13.2 Å². The molecule has 0 atom stereocenters. The molecule has 1 N–H and O–H groups in total. The summed E-state index contributed by atoms with van der Waals surface area (Å²) in [6, 6.07) is 12.5. The van der Waals surface area contributed by atoms with E-state index in [-0.39, 0.29) is 18.9 Å². The van der Waals surface area contributed by atoms with E-state index in [1.807, 2.05) is 24.3 Å². The van der Waals surface area contributed by atoms with Gasteiger partial charge in [-0.1, -0.05) is 12.1 Å². The first-order valence-electron chi connectivity index (χ1n) is 9.64. The zero-order valence-corrected chi connectivity index (χ0v) is 17.9. The van der Waals surface area contributed by atoms with Crippen molar-refractivity contribution < 1.29 is 27.4 Å². The summed E-state index contributed by atoms with van der Waals surface area (Å²) in [5, 5.41) is 2.84. The van der Waals surface area contributed by atoms with Crippen molar-refractivity contribution in [1.82, 2.24) is 5.32 Å². The Morgan fingerprint density at radius 3 is 2.63 bits per heavy atom. The van der Waals surface area contributed by atoms with Crippen LogP contribution in [0.25, 0.3) is 0 Å². The third-order valence-corrected chi connectivity index (χ3v) is 5.80. The van der Waals surface area contributed by atoms with Gasteiger partial charge in [-0.05, 0) is 36.2 Å². The number of amides is 1. The number of hydrogen-bond donors (Lipinski definition) is 1. The molecule has 0 aromatic heterocycles. The Labute approximate surface area is 176 Å². The minimum atomic E-state index is -3.51. The number of nitrogens with zero attached hydrogens (tertiary/aromatic N) is 1. The molecular weight excluding hydrogens is 408 g/mol. The molecular formula is C21H26N2O6S. The molecule has 0 saturated carbocycles. The van der Waals surface area contributed by atoms with Crippen LogP contribution in [-0.2, 0) is 21.4 Å². The number of ether oxygens (including phenoxy) is 3. The summed E-state index contributed by atoms with van der Waals surface area (Å²) in [5.41, 5.74) is 1.41. The van der Waals surface area contributed by atoms with Gasteiger partial charge in [-0.2, -0.15) is 0 Å². The minimum Gasteiger partial charge on any atom is -0.497 e. The van der Waals surface area contributed by atoms with E-state index in [1.165, 1.54) is 4.31 Å². The molecule has 1 heterocycles. The molecule has 0 radical (unpaired) electrons. The predicted molar refractivity (Wildman–Crippen MR) is 114 cm³/mol. The van der Waals surface area contributed by atoms with E-state index in [1.54, 1.807) is 25.3 Å². The normalized spacial score (nSPS) is 12.9. The van der Waals surface area contributed by atoms with Crippen LogP contribution in [0.4, 0.5) is 5.69 Å². The molecule has 0 saturated heterocycles. The van der Waals surface area contributed by atoms with Gasteiger partial charge in [0.2, 0.25) is 15.9 Å². The van der Waals surface area contributed by atoms with Crippen molar-refractivity contribution in [3.05, 3.63) is 48.0 Å². The van der Waals surface area contributed by atoms with E-state index in [0.717, 1.165) is 17.6 Å². The van der Waals surface area contributed by atoms with Gasteiger partial charge >= 0.3 is 0 Å². The topological polar surface area (TPSA) is 94.2 Å². The monoisotopic (exact) mass is 434 g/mol. The van der Waals surface area contributed by atoms with Crippen molar-refractivity contribution in [3.8, 4) is 17.2 Å². The number of rotatable bonds is 9. The van der Waals surface area contributed by atoms with Crippen LogP contribution < -0.4 is 23.8 Å². The molecule has 2 aromatic carbocycles. The average molecular weight is 435 g/mol. The van der Waals surface area contributed by atoms with Crippen molar-refractivity contribution >= 4 is 21.6 Å². The molecule has 162 valence electrons. The largest absolute Gasteiger partial charge is 0.497 e. The van der Waals surface area contributed by atoms with Gasteiger partial charge < -0.3 is 19.5 Å². The van der Waals surface area contributed by atoms with Crippen molar-refractivity contribution in [2.75, 3.05) is 37.4 Å². The van der Waals surface area contributed by atoms with Crippen LogP contribution >= 0.6 is 0 Å². The quantitative estimate of drug-likeness (QED) is 0.651. The number of carbonyl (C=O) groups is 1. The molecule has 3 rings (SSSR count). The fourth-order valence-corrected chi connectivity index (χ4v) is 4.09. The Morgan fingerprint density at radius 1 is 1.13 bits per heavy atom. The SMILES string of the molecule is COc1cccc(CNC(=O)CCCN(c2ccc3c(c2)OCCO3)S(C)(=O)=O)c1. The van der Waals surface area contributed by atoms with Crippen LogP contribution in [0, 0.1) is 0 Å². The molecule has 9 heteroatoms. The number of hydrogen-bond acceptors (Lipinski definition) is 6. The van der Waals surface area contributed by atoms with E-state index >= 15 is 0 Å². The molecule has 0 aliphatic carbocycles. The highest BCUT2D eigenvalue weighted by molar-refractivity contribution is 7.92. The second kappa shape index (κ2) is 9.71. The lowest BCUT2D eigenvalue weighted by molar-refractivity contribution is -0.121. The second-order valence-corrected chi connectivity index (χ2v) is 8.80. The lowest BCUT2D eigenvalue weighted by Crippen LogP contribution is -2.32. The average Bonchev–Trinajstić information content (AvgIpc) is 2.74. The molecule has 1 amide bonds. The number of nitrogens with one attached hydrogen (secondary N) is 1. The maximum Gasteiger partial charge on any atom is 0.232 e. The van der Waals surface area contributed by atoms with Crippen LogP contribution in [0.5, 0.6) is 17.2 Å². The summed E-state index contributed by atoms with van der Waals surface area (Å²) in [5.74, 6) is 1.69. The van der Waals surface area contributed by atoms with Crippen molar-refractivity contribution in [1.29, 1.82) is 0 Å². The summed E-state index contributed by atoms with van der Waals surface area (Å²) < 4.78 is 42.0. The third-order valence-electron chi connectivity index (χ3n) is 4.60. The Balaban J connectivity index is 1.55. The Kier molecular flexibility index (Phi) is 7.04. The molecule has 0 bridgehead atoms. The number of sulfonamides is 1. The predicted octanol–water partition coefficient (Wildman–Crippen LogP) is 2.33. The molecule has 8 nitrogen and oxygen atoms in total. The smallest absolute Gasteiger partial charge is 0.232 e. The summed E-state index contributed by atoms with van der Waals surface area (Å²) in [4.78, 5) is 12.2. The Hall–Kier alpha value is -2.94. The van der Waals surface area contributed by atoms with Crippen molar-refractivity contribution in [2.24, 2.45) is 0 Å². The highest BCUT2D eigenvalue weighted by atomic mass is 32.2. The lowest BCUT2D eigenvalue weighted by atomic mass is 10.2. The highest BCUT2D eigenvalue weighted by Crippen LogP contribution is 2.34. The summed E-state index contributed by atoms with van der Waals surface area (Å²) in [7, 11) is -1.92. The maximum atomic E-state index is 12.3. The molecule has 1 aliphatic heterocycles. The molecule has 30 heavy (non-hydrogen) atoms. The van der Waals surface area contributed by atoms with Crippen LogP contribution in [0.3, 0.4) is 0 Å². The lowest BCUT2D eigenvalue weighted by Gasteiger charge is -2.25. The van der Waals surface area contributed by atoms with Gasteiger partial charge in [0.15, 0.2) is 11.5 Å². The number of anilines is 1. The molecule has 0 spiro atoms. The molecule has 0 unspecified atom stereocenters. The van der Waals surface area contributed by atoms with E-state index in [2.05, 4.69) is 5.32 Å². The minimum absolute atomic E-state index is 0.145. The third kappa shape index (κ3) is 5.79. The van der Waals surface area contributed by atoms with E-state index < -0.39 is 10.0 Å². The van der Waals surface area contributed by atoms with E-state index in [4.69, 9.17) is 14.2 Å². The fourth-order valence-electron chi connectivity index (χ4n) is 3.13. The zero-order valence-electron chi connectivity index (χ0n) is 17.1. The van der Waals surface area contributed by atoms with Gasteiger partial charge in [0.1, 0.15) is 19.0 Å². The van der Waals surface area contributed by atoms with Gasteiger partial charge in [0.25, 0.3) is 0 Å². The molecule has 1 aliphatic rings. The second-order valence-electron chi connectivity index (χ2n) is 6.89. The van der Waals surface area contributed by atoms with Crippen molar-refractivity contribution in [2.45, 2.75) is 19.4 Å².